The Balaban J connectivity index is 1.47. The molecule has 1 unspecified atom stereocenters. The Morgan fingerprint density at radius 1 is 1.10 bits per heavy atom. The number of hydrogen-bond acceptors (Lipinski definition) is 4. The quantitative estimate of drug-likeness (QED) is 0.579. The highest BCUT2D eigenvalue weighted by molar-refractivity contribution is 5.96. The summed E-state index contributed by atoms with van der Waals surface area (Å²) < 4.78 is 32.3. The van der Waals surface area contributed by atoms with Crippen LogP contribution in [0.25, 0.3) is 0 Å². The number of benzene rings is 2. The van der Waals surface area contributed by atoms with Gasteiger partial charge in [-0.15, -0.1) is 0 Å². The molecule has 1 heterocycles. The molecule has 0 bridgehead atoms. The summed E-state index contributed by atoms with van der Waals surface area (Å²) in [6.45, 7) is 1.85. The molecule has 2 aromatic carbocycles. The van der Waals surface area contributed by atoms with Gasteiger partial charge in [-0.2, -0.15) is 0 Å². The number of pyridine rings is 1. The predicted molar refractivity (Wildman–Crippen MR) is 110 cm³/mol. The molecule has 2 N–H and O–H groups in total. The van der Waals surface area contributed by atoms with Crippen LogP contribution >= 0.6 is 0 Å². The third-order valence-electron chi connectivity index (χ3n) is 4.47. The molecular weight excluding hydrogens is 404 g/mol. The fraction of sp³-hybridized carbons (Fsp3) is 0.174. The van der Waals surface area contributed by atoms with Crippen molar-refractivity contribution >= 4 is 11.8 Å². The zero-order valence-electron chi connectivity index (χ0n) is 16.8. The average Bonchev–Trinajstić information content (AvgIpc) is 2.77. The van der Waals surface area contributed by atoms with Gasteiger partial charge in [-0.05, 0) is 42.8 Å². The molecule has 0 saturated heterocycles. The normalized spacial score (nSPS) is 11.5. The molecule has 3 aromatic rings. The van der Waals surface area contributed by atoms with E-state index >= 15 is 0 Å². The van der Waals surface area contributed by atoms with Gasteiger partial charge in [-0.1, -0.05) is 18.2 Å². The van der Waals surface area contributed by atoms with Crippen molar-refractivity contribution in [3.8, 4) is 5.75 Å². The average molecular weight is 425 g/mol. The number of aromatic nitrogens is 1. The molecular formula is C23H21F2N3O3. The molecule has 0 spiro atoms. The number of carbonyl (C=O) groups excluding carboxylic acids is 2. The molecule has 2 amide bonds. The monoisotopic (exact) mass is 425 g/mol. The second-order valence-corrected chi connectivity index (χ2v) is 6.82. The number of nitrogens with one attached hydrogen (secondary N) is 2. The van der Waals surface area contributed by atoms with Crippen LogP contribution in [-0.4, -0.2) is 23.3 Å². The van der Waals surface area contributed by atoms with E-state index in [4.69, 9.17) is 4.74 Å². The Bertz CT molecular complexity index is 1040. The molecule has 0 saturated carbocycles. The molecule has 0 fully saturated rings. The molecule has 0 radical (unpaired) electrons. The van der Waals surface area contributed by atoms with E-state index < -0.39 is 23.4 Å². The van der Waals surface area contributed by atoms with Gasteiger partial charge >= 0.3 is 0 Å². The maximum Gasteiger partial charge on any atom is 0.254 e. The lowest BCUT2D eigenvalue weighted by atomic mass is 10.1. The van der Waals surface area contributed by atoms with Gasteiger partial charge < -0.3 is 15.4 Å². The number of hydrogen-bond donors (Lipinski definition) is 2. The summed E-state index contributed by atoms with van der Waals surface area (Å²) in [6, 6.07) is 13.3. The van der Waals surface area contributed by atoms with Gasteiger partial charge in [0.15, 0.2) is 0 Å². The van der Waals surface area contributed by atoms with Crippen LogP contribution in [0, 0.1) is 11.6 Å². The molecule has 6 nitrogen and oxygen atoms in total. The molecule has 1 aromatic heterocycles. The summed E-state index contributed by atoms with van der Waals surface area (Å²) in [4.78, 5) is 28.1. The van der Waals surface area contributed by atoms with E-state index in [0.717, 1.165) is 23.3 Å². The van der Waals surface area contributed by atoms with E-state index in [1.165, 1.54) is 0 Å². The minimum absolute atomic E-state index is 0.320. The minimum Gasteiger partial charge on any atom is -0.489 e. The summed E-state index contributed by atoms with van der Waals surface area (Å²) in [6.07, 6.45) is 3.43. The van der Waals surface area contributed by atoms with Gasteiger partial charge in [-0.3, -0.25) is 14.6 Å². The zero-order chi connectivity index (χ0) is 22.2. The number of ether oxygens (including phenoxy) is 1. The van der Waals surface area contributed by atoms with Crippen LogP contribution in [0.5, 0.6) is 5.75 Å². The van der Waals surface area contributed by atoms with E-state index in [9.17, 15) is 18.4 Å². The molecule has 160 valence electrons. The summed E-state index contributed by atoms with van der Waals surface area (Å²) >= 11 is 0. The highest BCUT2D eigenvalue weighted by Gasteiger charge is 2.15. The Labute approximate surface area is 178 Å². The van der Waals surface area contributed by atoms with Crippen molar-refractivity contribution in [1.82, 2.24) is 15.6 Å². The number of halogens is 2. The lowest BCUT2D eigenvalue weighted by molar-refractivity contribution is -0.120. The maximum absolute atomic E-state index is 13.6. The first-order valence-corrected chi connectivity index (χ1v) is 9.56. The summed E-state index contributed by atoms with van der Waals surface area (Å²) in [7, 11) is 0. The smallest absolute Gasteiger partial charge is 0.254 e. The van der Waals surface area contributed by atoms with E-state index in [1.54, 1.807) is 31.5 Å². The molecule has 0 aliphatic heterocycles. The van der Waals surface area contributed by atoms with E-state index in [0.29, 0.717) is 18.4 Å². The van der Waals surface area contributed by atoms with Crippen LogP contribution in [-0.2, 0) is 11.4 Å². The second kappa shape index (κ2) is 10.3. The Hall–Kier alpha value is -3.81. The van der Waals surface area contributed by atoms with Gasteiger partial charge in [0.2, 0.25) is 5.91 Å². The van der Waals surface area contributed by atoms with E-state index in [2.05, 4.69) is 15.6 Å². The van der Waals surface area contributed by atoms with E-state index in [-0.39, 0.29) is 18.2 Å². The lowest BCUT2D eigenvalue weighted by Crippen LogP contribution is -2.38. The van der Waals surface area contributed by atoms with Crippen molar-refractivity contribution in [2.45, 2.75) is 19.6 Å². The first-order chi connectivity index (χ1) is 14.9. The first kappa shape index (κ1) is 21.9. The van der Waals surface area contributed by atoms with Gasteiger partial charge in [0.25, 0.3) is 5.91 Å². The van der Waals surface area contributed by atoms with Crippen molar-refractivity contribution in [1.29, 1.82) is 0 Å². The van der Waals surface area contributed by atoms with Gasteiger partial charge in [0.05, 0.1) is 18.2 Å². The number of amides is 2. The van der Waals surface area contributed by atoms with Crippen LogP contribution in [0.1, 0.15) is 34.5 Å². The third-order valence-corrected chi connectivity index (χ3v) is 4.47. The van der Waals surface area contributed by atoms with Crippen molar-refractivity contribution in [2.75, 3.05) is 6.54 Å². The molecule has 1 atom stereocenters. The van der Waals surface area contributed by atoms with Crippen LogP contribution in [0.3, 0.4) is 0 Å². The van der Waals surface area contributed by atoms with Crippen molar-refractivity contribution in [2.24, 2.45) is 0 Å². The lowest BCUT2D eigenvalue weighted by Gasteiger charge is -2.15. The third kappa shape index (κ3) is 6.33. The fourth-order valence-electron chi connectivity index (χ4n) is 2.81. The number of nitrogens with zero attached hydrogens (tertiary/aromatic N) is 1. The highest BCUT2D eigenvalue weighted by Crippen LogP contribution is 2.18. The maximum atomic E-state index is 13.6. The first-order valence-electron chi connectivity index (χ1n) is 9.56. The topological polar surface area (TPSA) is 80.3 Å². The number of rotatable bonds is 8. The molecule has 0 aliphatic rings. The second-order valence-electron chi connectivity index (χ2n) is 6.82. The van der Waals surface area contributed by atoms with Crippen molar-refractivity contribution in [3.05, 3.63) is 95.3 Å². The number of carbonyl (C=O) groups is 2. The fourth-order valence-corrected chi connectivity index (χ4v) is 2.81. The molecule has 3 rings (SSSR count). The summed E-state index contributed by atoms with van der Waals surface area (Å²) in [5, 5.41) is 5.07. The molecule has 0 aliphatic carbocycles. The standard InChI is InChI=1S/C23H21F2N3O3/c1-15(17-4-7-19(8-5-17)31-14-16-3-2-10-26-12-16)28-22(29)13-27-23(30)20-9-6-18(24)11-21(20)25/h2-12,15H,13-14H2,1H3,(H,27,30)(H,28,29). The van der Waals surface area contributed by atoms with Crippen molar-refractivity contribution < 1.29 is 23.1 Å². The van der Waals surface area contributed by atoms with Crippen LogP contribution < -0.4 is 15.4 Å². The van der Waals surface area contributed by atoms with Crippen LogP contribution in [0.15, 0.2) is 67.0 Å². The Morgan fingerprint density at radius 3 is 2.55 bits per heavy atom. The van der Waals surface area contributed by atoms with Crippen LogP contribution in [0.2, 0.25) is 0 Å². The Morgan fingerprint density at radius 2 is 1.87 bits per heavy atom. The predicted octanol–water partition coefficient (Wildman–Crippen LogP) is 3.55. The SMILES string of the molecule is CC(NC(=O)CNC(=O)c1ccc(F)cc1F)c1ccc(OCc2cccnc2)cc1. The van der Waals surface area contributed by atoms with E-state index in [1.807, 2.05) is 24.3 Å². The Kier molecular flexibility index (Phi) is 7.26. The van der Waals surface area contributed by atoms with Gasteiger partial charge in [-0.25, -0.2) is 8.78 Å². The molecule has 31 heavy (non-hydrogen) atoms. The van der Waals surface area contributed by atoms with Crippen LogP contribution in [0.4, 0.5) is 8.78 Å². The summed E-state index contributed by atoms with van der Waals surface area (Å²) in [5.74, 6) is -2.33. The summed E-state index contributed by atoms with van der Waals surface area (Å²) in [5.41, 5.74) is 1.47. The van der Waals surface area contributed by atoms with Crippen molar-refractivity contribution in [3.63, 3.8) is 0 Å². The largest absolute Gasteiger partial charge is 0.489 e. The minimum atomic E-state index is -0.989. The van der Waals surface area contributed by atoms with Gasteiger partial charge in [0, 0.05) is 24.0 Å². The van der Waals surface area contributed by atoms with Gasteiger partial charge in [0.1, 0.15) is 24.0 Å². The molecule has 8 heteroatoms. The zero-order valence-corrected chi connectivity index (χ0v) is 16.8. The highest BCUT2D eigenvalue weighted by atomic mass is 19.1.